The summed E-state index contributed by atoms with van der Waals surface area (Å²) in [6, 6.07) is 9.77. The highest BCUT2D eigenvalue weighted by molar-refractivity contribution is 9.10. The highest BCUT2D eigenvalue weighted by atomic mass is 79.9. The van der Waals surface area contributed by atoms with Crippen molar-refractivity contribution in [2.45, 2.75) is 32.9 Å². The second-order valence-corrected chi connectivity index (χ2v) is 6.77. The van der Waals surface area contributed by atoms with Crippen LogP contribution in [0, 0.1) is 6.92 Å². The van der Waals surface area contributed by atoms with Crippen LogP contribution in [0.4, 0.5) is 0 Å². The van der Waals surface area contributed by atoms with Crippen LogP contribution in [0.3, 0.4) is 0 Å². The first-order valence-corrected chi connectivity index (χ1v) is 8.41. The normalized spacial score (nSPS) is 13.5. The fourth-order valence-corrected chi connectivity index (χ4v) is 3.21. The number of thiophene rings is 1. The van der Waals surface area contributed by atoms with Crippen molar-refractivity contribution in [2.75, 3.05) is 0 Å². The molecular weight excluding hydrogens is 350 g/mol. The summed E-state index contributed by atoms with van der Waals surface area (Å²) < 4.78 is 6.58. The fourth-order valence-electron chi connectivity index (χ4n) is 1.88. The lowest BCUT2D eigenvalue weighted by molar-refractivity contribution is -0.127. The molecule has 0 unspecified atom stereocenters. The van der Waals surface area contributed by atoms with Gasteiger partial charge in [-0.15, -0.1) is 11.3 Å². The number of rotatable bonds is 5. The van der Waals surface area contributed by atoms with Gasteiger partial charge in [0, 0.05) is 4.88 Å². The summed E-state index contributed by atoms with van der Waals surface area (Å²) in [7, 11) is 0. The summed E-state index contributed by atoms with van der Waals surface area (Å²) in [6.45, 7) is 5.73. The molecule has 0 aliphatic heterocycles. The maximum atomic E-state index is 12.2. The van der Waals surface area contributed by atoms with Gasteiger partial charge in [-0.2, -0.15) is 0 Å². The number of benzene rings is 1. The molecule has 112 valence electrons. The molecule has 21 heavy (non-hydrogen) atoms. The van der Waals surface area contributed by atoms with Crippen LogP contribution in [0.5, 0.6) is 5.75 Å². The molecule has 1 amide bonds. The van der Waals surface area contributed by atoms with Gasteiger partial charge in [-0.3, -0.25) is 4.79 Å². The van der Waals surface area contributed by atoms with E-state index in [9.17, 15) is 4.79 Å². The van der Waals surface area contributed by atoms with Gasteiger partial charge in [0.15, 0.2) is 6.10 Å². The molecule has 0 saturated carbocycles. The molecule has 5 heteroatoms. The van der Waals surface area contributed by atoms with Gasteiger partial charge in [0.05, 0.1) is 10.5 Å². The van der Waals surface area contributed by atoms with Crippen LogP contribution in [-0.4, -0.2) is 12.0 Å². The first kappa shape index (κ1) is 16.0. The zero-order valence-corrected chi connectivity index (χ0v) is 14.6. The number of hydrogen-bond acceptors (Lipinski definition) is 3. The Balaban J connectivity index is 1.96. The highest BCUT2D eigenvalue weighted by Gasteiger charge is 2.19. The third kappa shape index (κ3) is 4.32. The van der Waals surface area contributed by atoms with Crippen LogP contribution in [0.1, 0.15) is 30.3 Å². The Labute approximate surface area is 137 Å². The van der Waals surface area contributed by atoms with Crippen LogP contribution in [0.25, 0.3) is 0 Å². The lowest BCUT2D eigenvalue weighted by Gasteiger charge is -2.18. The first-order chi connectivity index (χ1) is 9.97. The lowest BCUT2D eigenvalue weighted by atomic mass is 10.2. The zero-order chi connectivity index (χ0) is 15.4. The van der Waals surface area contributed by atoms with E-state index >= 15 is 0 Å². The molecule has 0 aliphatic carbocycles. The highest BCUT2D eigenvalue weighted by Crippen LogP contribution is 2.27. The molecule has 1 aromatic heterocycles. The Morgan fingerprint density at radius 2 is 2.10 bits per heavy atom. The monoisotopic (exact) mass is 367 g/mol. The van der Waals surface area contributed by atoms with Crippen molar-refractivity contribution < 1.29 is 9.53 Å². The molecule has 2 atom stereocenters. The van der Waals surface area contributed by atoms with E-state index in [0.717, 1.165) is 14.9 Å². The van der Waals surface area contributed by atoms with Crippen LogP contribution in [0.2, 0.25) is 0 Å². The van der Waals surface area contributed by atoms with Gasteiger partial charge in [-0.05, 0) is 65.8 Å². The van der Waals surface area contributed by atoms with Gasteiger partial charge in [0.1, 0.15) is 5.75 Å². The van der Waals surface area contributed by atoms with Gasteiger partial charge >= 0.3 is 0 Å². The van der Waals surface area contributed by atoms with Gasteiger partial charge in [-0.1, -0.05) is 12.1 Å². The van der Waals surface area contributed by atoms with Crippen molar-refractivity contribution in [3.05, 3.63) is 50.6 Å². The van der Waals surface area contributed by atoms with Gasteiger partial charge in [0.25, 0.3) is 5.91 Å². The average Bonchev–Trinajstić information content (AvgIpc) is 2.95. The van der Waals surface area contributed by atoms with Crippen molar-refractivity contribution >= 4 is 33.2 Å². The largest absolute Gasteiger partial charge is 0.480 e. The maximum absolute atomic E-state index is 12.2. The van der Waals surface area contributed by atoms with E-state index in [4.69, 9.17) is 4.74 Å². The Kier molecular flexibility index (Phi) is 5.42. The standard InChI is InChI=1S/C16H18BrNO2S/c1-10-6-7-14(13(17)9-10)20-12(3)16(19)18-11(2)15-5-4-8-21-15/h4-9,11-12H,1-3H3,(H,18,19)/t11-,12-/m1/s1. The van der Waals surface area contributed by atoms with Crippen LogP contribution >= 0.6 is 27.3 Å². The number of aryl methyl sites for hydroxylation is 1. The Morgan fingerprint density at radius 1 is 1.33 bits per heavy atom. The van der Waals surface area contributed by atoms with E-state index in [2.05, 4.69) is 21.2 Å². The SMILES string of the molecule is Cc1ccc(O[C@H](C)C(=O)N[C@H](C)c2cccs2)c(Br)c1. The minimum Gasteiger partial charge on any atom is -0.480 e. The molecule has 1 heterocycles. The molecule has 2 aromatic rings. The molecule has 0 fully saturated rings. The number of amides is 1. The fraction of sp³-hybridized carbons (Fsp3) is 0.312. The van der Waals surface area contributed by atoms with Crippen LogP contribution in [-0.2, 0) is 4.79 Å². The predicted molar refractivity (Wildman–Crippen MR) is 89.8 cm³/mol. The van der Waals surface area contributed by atoms with E-state index < -0.39 is 6.10 Å². The number of hydrogen-bond donors (Lipinski definition) is 1. The van der Waals surface area contributed by atoms with Gasteiger partial charge in [-0.25, -0.2) is 0 Å². The quantitative estimate of drug-likeness (QED) is 0.846. The van der Waals surface area contributed by atoms with Crippen LogP contribution < -0.4 is 10.1 Å². The minimum absolute atomic E-state index is 0.00925. The molecule has 0 saturated heterocycles. The summed E-state index contributed by atoms with van der Waals surface area (Å²) in [4.78, 5) is 13.3. The zero-order valence-electron chi connectivity index (χ0n) is 12.2. The second-order valence-electron chi connectivity index (χ2n) is 4.94. The summed E-state index contributed by atoms with van der Waals surface area (Å²) >= 11 is 5.08. The first-order valence-electron chi connectivity index (χ1n) is 6.74. The van der Waals surface area contributed by atoms with Crippen molar-refractivity contribution in [2.24, 2.45) is 0 Å². The Morgan fingerprint density at radius 3 is 2.71 bits per heavy atom. The summed E-state index contributed by atoms with van der Waals surface area (Å²) in [6.07, 6.45) is -0.550. The molecule has 0 bridgehead atoms. The lowest BCUT2D eigenvalue weighted by Crippen LogP contribution is -2.37. The van der Waals surface area contributed by atoms with E-state index in [1.807, 2.05) is 49.6 Å². The number of nitrogens with one attached hydrogen (secondary N) is 1. The molecule has 3 nitrogen and oxygen atoms in total. The molecule has 2 rings (SSSR count). The average molecular weight is 368 g/mol. The molecule has 0 aliphatic rings. The van der Waals surface area contributed by atoms with Crippen molar-refractivity contribution in [3.8, 4) is 5.75 Å². The van der Waals surface area contributed by atoms with E-state index in [-0.39, 0.29) is 11.9 Å². The van der Waals surface area contributed by atoms with E-state index in [1.54, 1.807) is 18.3 Å². The minimum atomic E-state index is -0.550. The van der Waals surface area contributed by atoms with Crippen molar-refractivity contribution in [3.63, 3.8) is 0 Å². The number of carbonyl (C=O) groups excluding carboxylic acids is 1. The number of halogens is 1. The van der Waals surface area contributed by atoms with E-state index in [1.165, 1.54) is 0 Å². The smallest absolute Gasteiger partial charge is 0.261 e. The van der Waals surface area contributed by atoms with Gasteiger partial charge in [0.2, 0.25) is 0 Å². The molecular formula is C16H18BrNO2S. The third-order valence-electron chi connectivity index (χ3n) is 3.09. The maximum Gasteiger partial charge on any atom is 0.261 e. The molecule has 0 radical (unpaired) electrons. The number of ether oxygens (including phenoxy) is 1. The summed E-state index contributed by atoms with van der Waals surface area (Å²) in [5, 5.41) is 4.97. The van der Waals surface area contributed by atoms with Crippen molar-refractivity contribution in [1.82, 2.24) is 5.32 Å². The predicted octanol–water partition coefficient (Wildman–Crippen LogP) is 4.46. The Bertz CT molecular complexity index is 613. The van der Waals surface area contributed by atoms with E-state index in [0.29, 0.717) is 5.75 Å². The molecule has 1 N–H and O–H groups in total. The summed E-state index contributed by atoms with van der Waals surface area (Å²) in [5.41, 5.74) is 1.14. The topological polar surface area (TPSA) is 38.3 Å². The van der Waals surface area contributed by atoms with Crippen molar-refractivity contribution in [1.29, 1.82) is 0 Å². The van der Waals surface area contributed by atoms with Gasteiger partial charge < -0.3 is 10.1 Å². The third-order valence-corrected chi connectivity index (χ3v) is 4.76. The second kappa shape index (κ2) is 7.09. The summed E-state index contributed by atoms with van der Waals surface area (Å²) in [5.74, 6) is 0.551. The Hall–Kier alpha value is -1.33. The molecule has 0 spiro atoms. The number of carbonyl (C=O) groups is 1. The van der Waals surface area contributed by atoms with Crippen LogP contribution in [0.15, 0.2) is 40.2 Å². The molecule has 1 aromatic carbocycles.